The van der Waals surface area contributed by atoms with Gasteiger partial charge in [0, 0.05) is 25.3 Å². The molecule has 0 unspecified atom stereocenters. The Balaban J connectivity index is 2.67. The smallest absolute Gasteiger partial charge is 0.255 e. The summed E-state index contributed by atoms with van der Waals surface area (Å²) in [5.74, 6) is 0.573. The molecule has 1 aromatic rings. The van der Waals surface area contributed by atoms with Gasteiger partial charge in [0.25, 0.3) is 6.43 Å². The number of alkyl halides is 2. The molecule has 0 fully saturated rings. The molecule has 1 aromatic heterocycles. The van der Waals surface area contributed by atoms with Crippen LogP contribution in [0.3, 0.4) is 0 Å². The number of anilines is 1. The topological polar surface area (TPSA) is 28.2 Å². The van der Waals surface area contributed by atoms with E-state index in [2.05, 4.69) is 31.1 Å². The van der Waals surface area contributed by atoms with E-state index < -0.39 is 6.43 Å². The molecule has 0 aliphatic heterocycles. The number of hydrogen-bond donors (Lipinski definition) is 1. The monoisotopic (exact) mass is 257 g/mol. The summed E-state index contributed by atoms with van der Waals surface area (Å²) in [6, 6.07) is 3.72. The van der Waals surface area contributed by atoms with Crippen LogP contribution in [0.15, 0.2) is 18.3 Å². The minimum Gasteiger partial charge on any atom is -0.354 e. The third-order valence-electron chi connectivity index (χ3n) is 2.44. The molecule has 5 heteroatoms. The highest BCUT2D eigenvalue weighted by molar-refractivity contribution is 5.40. The Morgan fingerprint density at radius 1 is 1.39 bits per heavy atom. The highest BCUT2D eigenvalue weighted by Crippen LogP contribution is 2.13. The molecular formula is C13H21F2N3. The Morgan fingerprint density at radius 3 is 2.61 bits per heavy atom. The first-order chi connectivity index (χ1) is 8.28. The second-order valence-electron chi connectivity index (χ2n) is 5.40. The maximum absolute atomic E-state index is 12.3. The van der Waals surface area contributed by atoms with E-state index >= 15 is 0 Å². The van der Waals surface area contributed by atoms with Gasteiger partial charge >= 0.3 is 0 Å². The summed E-state index contributed by atoms with van der Waals surface area (Å²) >= 11 is 0. The van der Waals surface area contributed by atoms with Crippen LogP contribution in [0.1, 0.15) is 26.3 Å². The van der Waals surface area contributed by atoms with Crippen LogP contribution in [-0.2, 0) is 6.54 Å². The van der Waals surface area contributed by atoms with Gasteiger partial charge < -0.3 is 10.2 Å². The molecule has 0 saturated carbocycles. The van der Waals surface area contributed by atoms with E-state index in [1.165, 1.54) is 4.90 Å². The predicted octanol–water partition coefficient (Wildman–Crippen LogP) is 2.67. The summed E-state index contributed by atoms with van der Waals surface area (Å²) in [5.41, 5.74) is 1.06. The molecule has 0 aromatic carbocycles. The van der Waals surface area contributed by atoms with Crippen LogP contribution < -0.4 is 10.2 Å². The van der Waals surface area contributed by atoms with E-state index in [0.29, 0.717) is 12.4 Å². The van der Waals surface area contributed by atoms with Crippen molar-refractivity contribution < 1.29 is 8.78 Å². The molecule has 0 radical (unpaired) electrons. The first-order valence-corrected chi connectivity index (χ1v) is 5.97. The molecule has 0 spiro atoms. The number of hydrogen-bond acceptors (Lipinski definition) is 3. The molecule has 18 heavy (non-hydrogen) atoms. The molecule has 0 saturated heterocycles. The van der Waals surface area contributed by atoms with Crippen molar-refractivity contribution in [2.45, 2.75) is 39.3 Å². The zero-order valence-electron chi connectivity index (χ0n) is 11.4. The SMILES string of the molecule is CN(CC(F)F)c1cc(CNC(C)(C)C)ccn1. The molecule has 1 rings (SSSR count). The maximum atomic E-state index is 12.3. The van der Waals surface area contributed by atoms with Crippen molar-refractivity contribution in [3.63, 3.8) is 0 Å². The highest BCUT2D eigenvalue weighted by atomic mass is 19.3. The van der Waals surface area contributed by atoms with Gasteiger partial charge in [-0.3, -0.25) is 0 Å². The van der Waals surface area contributed by atoms with Gasteiger partial charge in [-0.2, -0.15) is 0 Å². The van der Waals surface area contributed by atoms with Crippen molar-refractivity contribution in [2.24, 2.45) is 0 Å². The lowest BCUT2D eigenvalue weighted by Gasteiger charge is -2.22. The van der Waals surface area contributed by atoms with Gasteiger partial charge in [0.2, 0.25) is 0 Å². The van der Waals surface area contributed by atoms with E-state index in [-0.39, 0.29) is 12.1 Å². The van der Waals surface area contributed by atoms with Crippen LogP contribution >= 0.6 is 0 Å². The largest absolute Gasteiger partial charge is 0.354 e. The zero-order valence-corrected chi connectivity index (χ0v) is 11.4. The summed E-state index contributed by atoms with van der Waals surface area (Å²) in [7, 11) is 1.62. The van der Waals surface area contributed by atoms with Gasteiger partial charge in [-0.1, -0.05) is 0 Å². The Labute approximate surface area is 107 Å². The predicted molar refractivity (Wildman–Crippen MR) is 70.1 cm³/mol. The second-order valence-corrected chi connectivity index (χ2v) is 5.40. The van der Waals surface area contributed by atoms with Gasteiger partial charge in [-0.05, 0) is 38.5 Å². The number of nitrogens with zero attached hydrogens (tertiary/aromatic N) is 2. The van der Waals surface area contributed by atoms with Crippen molar-refractivity contribution in [3.05, 3.63) is 23.9 Å². The van der Waals surface area contributed by atoms with Crippen molar-refractivity contribution in [3.8, 4) is 0 Å². The van der Waals surface area contributed by atoms with E-state index in [9.17, 15) is 8.78 Å². The third-order valence-corrected chi connectivity index (χ3v) is 2.44. The van der Waals surface area contributed by atoms with Crippen LogP contribution in [0.25, 0.3) is 0 Å². The quantitative estimate of drug-likeness (QED) is 0.879. The summed E-state index contributed by atoms with van der Waals surface area (Å²) in [4.78, 5) is 5.57. The second kappa shape index (κ2) is 6.09. The number of halogens is 2. The Bertz CT molecular complexity index is 375. The summed E-state index contributed by atoms with van der Waals surface area (Å²) < 4.78 is 24.6. The van der Waals surface area contributed by atoms with E-state index in [0.717, 1.165) is 5.56 Å². The van der Waals surface area contributed by atoms with Crippen molar-refractivity contribution in [1.82, 2.24) is 10.3 Å². The molecule has 3 nitrogen and oxygen atoms in total. The first-order valence-electron chi connectivity index (χ1n) is 5.97. The summed E-state index contributed by atoms with van der Waals surface area (Å²) in [6.07, 6.45) is -0.704. The standard InChI is InChI=1S/C13H21F2N3/c1-13(2,3)17-8-10-5-6-16-12(7-10)18(4)9-11(14)15/h5-7,11,17H,8-9H2,1-4H3. The van der Waals surface area contributed by atoms with Crippen molar-refractivity contribution in [1.29, 1.82) is 0 Å². The zero-order chi connectivity index (χ0) is 13.8. The van der Waals surface area contributed by atoms with E-state index in [1.807, 2.05) is 12.1 Å². The molecule has 1 heterocycles. The van der Waals surface area contributed by atoms with Gasteiger partial charge in [-0.25, -0.2) is 13.8 Å². The molecule has 102 valence electrons. The lowest BCUT2D eigenvalue weighted by atomic mass is 10.1. The first kappa shape index (κ1) is 14.8. The third kappa shape index (κ3) is 5.40. The highest BCUT2D eigenvalue weighted by Gasteiger charge is 2.11. The normalized spacial score (nSPS) is 11.9. The Hall–Kier alpha value is -1.23. The van der Waals surface area contributed by atoms with Crippen LogP contribution in [-0.4, -0.2) is 30.5 Å². The molecule has 0 bridgehead atoms. The molecule has 1 N–H and O–H groups in total. The summed E-state index contributed by atoms with van der Waals surface area (Å²) in [5, 5.41) is 3.35. The van der Waals surface area contributed by atoms with Gasteiger partial charge in [0.05, 0.1) is 6.54 Å². The lowest BCUT2D eigenvalue weighted by Crippen LogP contribution is -2.35. The number of rotatable bonds is 5. The average Bonchev–Trinajstić information content (AvgIpc) is 2.25. The van der Waals surface area contributed by atoms with Crippen LogP contribution in [0, 0.1) is 0 Å². The van der Waals surface area contributed by atoms with Crippen LogP contribution in [0.5, 0.6) is 0 Å². The van der Waals surface area contributed by atoms with Crippen molar-refractivity contribution in [2.75, 3.05) is 18.5 Å². The van der Waals surface area contributed by atoms with Gasteiger partial charge in [0.15, 0.2) is 0 Å². The molecular weight excluding hydrogens is 236 g/mol. The van der Waals surface area contributed by atoms with Gasteiger partial charge in [0.1, 0.15) is 5.82 Å². The molecule has 0 atom stereocenters. The van der Waals surface area contributed by atoms with Gasteiger partial charge in [-0.15, -0.1) is 0 Å². The lowest BCUT2D eigenvalue weighted by molar-refractivity contribution is 0.156. The average molecular weight is 257 g/mol. The number of pyridine rings is 1. The Kier molecular flexibility index (Phi) is 5.02. The van der Waals surface area contributed by atoms with Crippen LogP contribution in [0.4, 0.5) is 14.6 Å². The minimum atomic E-state index is -2.35. The van der Waals surface area contributed by atoms with Crippen molar-refractivity contribution >= 4 is 5.82 Å². The Morgan fingerprint density at radius 2 is 2.06 bits per heavy atom. The van der Waals surface area contributed by atoms with Crippen LogP contribution in [0.2, 0.25) is 0 Å². The molecule has 0 aliphatic rings. The number of aromatic nitrogens is 1. The maximum Gasteiger partial charge on any atom is 0.255 e. The van der Waals surface area contributed by atoms with E-state index in [4.69, 9.17) is 0 Å². The minimum absolute atomic E-state index is 0.0261. The summed E-state index contributed by atoms with van der Waals surface area (Å²) in [6.45, 7) is 6.64. The molecule has 0 aliphatic carbocycles. The van der Waals surface area contributed by atoms with E-state index in [1.54, 1.807) is 13.2 Å². The molecule has 0 amide bonds. The fraction of sp³-hybridized carbons (Fsp3) is 0.615. The fourth-order valence-corrected chi connectivity index (χ4v) is 1.45. The fourth-order valence-electron chi connectivity index (χ4n) is 1.45. The number of nitrogens with one attached hydrogen (secondary N) is 1.